The van der Waals surface area contributed by atoms with E-state index in [4.69, 9.17) is 0 Å². The van der Waals surface area contributed by atoms with Gasteiger partial charge in [0.1, 0.15) is 0 Å². The predicted molar refractivity (Wildman–Crippen MR) is 131 cm³/mol. The van der Waals surface area contributed by atoms with Gasteiger partial charge in [0, 0.05) is 28.2 Å². The van der Waals surface area contributed by atoms with E-state index >= 15 is 0 Å². The maximum Gasteiger partial charge on any atom is 0.0487 e. The third-order valence-electron chi connectivity index (χ3n) is 5.13. The Balaban J connectivity index is 1.72. The zero-order valence-corrected chi connectivity index (χ0v) is 18.2. The fourth-order valence-corrected chi connectivity index (χ4v) is 4.42. The fourth-order valence-electron chi connectivity index (χ4n) is 3.56. The second-order valence-electron chi connectivity index (χ2n) is 7.33. The molecule has 0 radical (unpaired) electrons. The average molecular weight is 408 g/mol. The van der Waals surface area contributed by atoms with E-state index in [1.165, 1.54) is 33.0 Å². The number of rotatable bonds is 5. The summed E-state index contributed by atoms with van der Waals surface area (Å²) in [4.78, 5) is 4.53. The molecule has 0 saturated carbocycles. The summed E-state index contributed by atoms with van der Waals surface area (Å²) in [6.45, 7) is 6.45. The molecule has 2 heteroatoms. The zero-order valence-electron chi connectivity index (χ0n) is 17.4. The van der Waals surface area contributed by atoms with E-state index in [-0.39, 0.29) is 0 Å². The van der Waals surface area contributed by atoms with Crippen molar-refractivity contribution >= 4 is 23.2 Å². The molecule has 0 amide bonds. The summed E-state index contributed by atoms with van der Waals surface area (Å²) in [6, 6.07) is 29.5. The van der Waals surface area contributed by atoms with Crippen molar-refractivity contribution in [2.24, 2.45) is 0 Å². The Morgan fingerprint density at radius 3 is 1.80 bits per heavy atom. The third-order valence-corrected chi connectivity index (χ3v) is 6.19. The van der Waals surface area contributed by atoms with Gasteiger partial charge in [-0.25, -0.2) is 0 Å². The summed E-state index contributed by atoms with van der Waals surface area (Å²) in [5, 5.41) is 0. The topological polar surface area (TPSA) is 3.24 Å². The number of thioether (sulfide) groups is 1. The summed E-state index contributed by atoms with van der Waals surface area (Å²) in [5.74, 6) is 0. The van der Waals surface area contributed by atoms with Crippen molar-refractivity contribution in [1.29, 1.82) is 0 Å². The Bertz CT molecular complexity index is 1080. The second-order valence-corrected chi connectivity index (χ2v) is 8.50. The molecule has 3 aromatic rings. The molecule has 0 fully saturated rings. The van der Waals surface area contributed by atoms with Crippen LogP contribution < -0.4 is 0 Å². The molecule has 1 heterocycles. The molecule has 1 aliphatic heterocycles. The molecule has 148 valence electrons. The highest BCUT2D eigenvalue weighted by Crippen LogP contribution is 2.36. The van der Waals surface area contributed by atoms with Gasteiger partial charge in [0.25, 0.3) is 0 Å². The maximum absolute atomic E-state index is 4.31. The van der Waals surface area contributed by atoms with Crippen LogP contribution in [0.4, 0.5) is 0 Å². The van der Waals surface area contributed by atoms with Crippen LogP contribution in [0.15, 0.2) is 125 Å². The van der Waals surface area contributed by atoms with E-state index < -0.39 is 0 Å². The molecule has 0 bridgehead atoms. The molecular weight excluding hydrogens is 382 g/mol. The summed E-state index contributed by atoms with van der Waals surface area (Å²) in [5.41, 5.74) is 7.17. The minimum Gasteiger partial charge on any atom is -0.344 e. The molecule has 3 aromatic carbocycles. The van der Waals surface area contributed by atoms with Crippen molar-refractivity contribution < 1.29 is 0 Å². The average Bonchev–Trinajstić information content (AvgIpc) is 2.77. The summed E-state index contributed by atoms with van der Waals surface area (Å²) in [6.07, 6.45) is 6.66. The summed E-state index contributed by atoms with van der Waals surface area (Å²) >= 11 is 1.72. The van der Waals surface area contributed by atoms with Crippen molar-refractivity contribution in [3.05, 3.63) is 137 Å². The summed E-state index contributed by atoms with van der Waals surface area (Å²) in [7, 11) is 2.13. The smallest absolute Gasteiger partial charge is 0.0487 e. The second kappa shape index (κ2) is 9.06. The zero-order chi connectivity index (χ0) is 20.9. The molecule has 0 saturated heterocycles. The predicted octanol–water partition coefficient (Wildman–Crippen LogP) is 7.55. The number of benzene rings is 3. The Morgan fingerprint density at radius 2 is 1.27 bits per heavy atom. The van der Waals surface area contributed by atoms with Gasteiger partial charge in [-0.05, 0) is 53.5 Å². The number of hydrogen-bond donors (Lipinski definition) is 0. The van der Waals surface area contributed by atoms with E-state index in [0.29, 0.717) is 0 Å². The molecule has 0 spiro atoms. The van der Waals surface area contributed by atoms with E-state index in [0.717, 1.165) is 10.5 Å². The highest BCUT2D eigenvalue weighted by molar-refractivity contribution is 8.03. The lowest BCUT2D eigenvalue weighted by Crippen LogP contribution is -2.18. The normalized spacial score (nSPS) is 13.5. The monoisotopic (exact) mass is 407 g/mol. The van der Waals surface area contributed by atoms with Crippen LogP contribution in [0.25, 0.3) is 11.4 Å². The largest absolute Gasteiger partial charge is 0.344 e. The van der Waals surface area contributed by atoms with Crippen LogP contribution in [0.5, 0.6) is 0 Å². The van der Waals surface area contributed by atoms with Gasteiger partial charge in [0.15, 0.2) is 0 Å². The van der Waals surface area contributed by atoms with Crippen LogP contribution in [0, 0.1) is 6.92 Å². The standard InChI is InChI=1S/C28H25NS/c1-21-12-10-11-17-28(21)30-22(2)18-23-19-26(24-13-6-4-7-14-24)29(3)27(20-23)25-15-8-5-9-16-25/h4-20H,2H2,1,3H3. The number of allylic oxidation sites excluding steroid dienone is 4. The highest BCUT2D eigenvalue weighted by Gasteiger charge is 2.18. The van der Waals surface area contributed by atoms with Crippen LogP contribution in [-0.4, -0.2) is 11.9 Å². The number of aryl methyl sites for hydroxylation is 1. The van der Waals surface area contributed by atoms with Crippen LogP contribution >= 0.6 is 11.8 Å². The summed E-state index contributed by atoms with van der Waals surface area (Å²) < 4.78 is 0. The van der Waals surface area contributed by atoms with Gasteiger partial charge in [-0.15, -0.1) is 0 Å². The van der Waals surface area contributed by atoms with E-state index in [2.05, 4.69) is 129 Å². The van der Waals surface area contributed by atoms with Crippen molar-refractivity contribution in [3.8, 4) is 0 Å². The van der Waals surface area contributed by atoms with Crippen LogP contribution in [0.3, 0.4) is 0 Å². The first-order valence-electron chi connectivity index (χ1n) is 10.0. The molecule has 0 atom stereocenters. The van der Waals surface area contributed by atoms with Crippen molar-refractivity contribution in [3.63, 3.8) is 0 Å². The maximum atomic E-state index is 4.31. The first-order valence-corrected chi connectivity index (χ1v) is 10.9. The van der Waals surface area contributed by atoms with E-state index in [1.807, 2.05) is 0 Å². The Hall–Kier alpha value is -3.23. The lowest BCUT2D eigenvalue weighted by atomic mass is 9.99. The van der Waals surface area contributed by atoms with Gasteiger partial charge in [-0.2, -0.15) is 0 Å². The highest BCUT2D eigenvalue weighted by atomic mass is 32.2. The van der Waals surface area contributed by atoms with Gasteiger partial charge >= 0.3 is 0 Å². The first-order chi connectivity index (χ1) is 14.6. The van der Waals surface area contributed by atoms with Crippen molar-refractivity contribution in [1.82, 2.24) is 4.90 Å². The molecular formula is C28H25NS. The van der Waals surface area contributed by atoms with Crippen molar-refractivity contribution in [2.75, 3.05) is 7.05 Å². The van der Waals surface area contributed by atoms with Crippen LogP contribution in [-0.2, 0) is 0 Å². The molecule has 1 nitrogen and oxygen atoms in total. The minimum absolute atomic E-state index is 1.02. The Morgan fingerprint density at radius 1 is 0.767 bits per heavy atom. The first kappa shape index (κ1) is 20.1. The Kier molecular flexibility index (Phi) is 6.06. The van der Waals surface area contributed by atoms with Gasteiger partial charge in [0.05, 0.1) is 0 Å². The van der Waals surface area contributed by atoms with Gasteiger partial charge in [-0.1, -0.05) is 97.2 Å². The molecule has 1 aliphatic rings. The van der Waals surface area contributed by atoms with Crippen LogP contribution in [0.2, 0.25) is 0 Å². The number of hydrogen-bond acceptors (Lipinski definition) is 2. The van der Waals surface area contributed by atoms with E-state index in [1.54, 1.807) is 11.8 Å². The van der Waals surface area contributed by atoms with Crippen LogP contribution in [0.1, 0.15) is 16.7 Å². The van der Waals surface area contributed by atoms with Crippen molar-refractivity contribution in [2.45, 2.75) is 11.8 Å². The van der Waals surface area contributed by atoms with Gasteiger partial charge in [-0.3, -0.25) is 0 Å². The molecule has 0 aromatic heterocycles. The van der Waals surface area contributed by atoms with E-state index in [9.17, 15) is 0 Å². The minimum atomic E-state index is 1.02. The molecule has 0 aliphatic carbocycles. The molecule has 0 N–H and O–H groups in total. The lowest BCUT2D eigenvalue weighted by molar-refractivity contribution is 0.679. The fraction of sp³-hybridized carbons (Fsp3) is 0.0714. The SMILES string of the molecule is C=C(C=C1C=C(c2ccccc2)N(C)C(c2ccccc2)=C1)Sc1ccccc1C. The van der Waals surface area contributed by atoms with Gasteiger partial charge in [0.2, 0.25) is 0 Å². The molecule has 4 rings (SSSR count). The molecule has 0 unspecified atom stereocenters. The third kappa shape index (κ3) is 4.50. The molecule has 30 heavy (non-hydrogen) atoms. The quantitative estimate of drug-likeness (QED) is 0.402. The van der Waals surface area contributed by atoms with Gasteiger partial charge < -0.3 is 4.90 Å². The number of nitrogens with zero attached hydrogens (tertiary/aromatic N) is 1. The Labute approximate surface area is 183 Å². The lowest BCUT2D eigenvalue weighted by Gasteiger charge is -2.30.